The Balaban J connectivity index is 0.00000363. The monoisotopic (exact) mass is 553 g/mol. The van der Waals surface area contributed by atoms with Gasteiger partial charge in [-0.3, -0.25) is 0 Å². The number of nitrogens with zero attached hydrogens (tertiary/aromatic N) is 4. The van der Waals surface area contributed by atoms with Crippen LogP contribution in [-0.2, 0) is 13.0 Å². The van der Waals surface area contributed by atoms with Crippen molar-refractivity contribution in [2.24, 2.45) is 4.99 Å². The fourth-order valence-electron chi connectivity index (χ4n) is 3.72. The second-order valence-electron chi connectivity index (χ2n) is 7.75. The highest BCUT2D eigenvalue weighted by atomic mass is 127. The van der Waals surface area contributed by atoms with Gasteiger partial charge in [-0.25, -0.2) is 9.98 Å². The van der Waals surface area contributed by atoms with E-state index in [1.165, 1.54) is 18.4 Å². The largest absolute Gasteiger partial charge is 0.493 e. The molecule has 1 aromatic carbocycles. The normalized spacial score (nSPS) is 13.5. The van der Waals surface area contributed by atoms with E-state index in [2.05, 4.69) is 52.3 Å². The number of benzene rings is 1. The maximum Gasteiger partial charge on any atom is 0.193 e. The van der Waals surface area contributed by atoms with Crippen LogP contribution in [0.4, 0.5) is 5.82 Å². The molecule has 2 heterocycles. The quantitative estimate of drug-likeness (QED) is 0.288. The molecule has 1 aromatic heterocycles. The van der Waals surface area contributed by atoms with E-state index in [4.69, 9.17) is 14.5 Å². The molecule has 0 saturated carbocycles. The topological polar surface area (TPSA) is 62.2 Å². The average molecular weight is 553 g/mol. The van der Waals surface area contributed by atoms with Crippen molar-refractivity contribution >= 4 is 35.8 Å². The van der Waals surface area contributed by atoms with E-state index in [1.807, 2.05) is 18.3 Å². The van der Waals surface area contributed by atoms with Gasteiger partial charge in [0, 0.05) is 39.4 Å². The van der Waals surface area contributed by atoms with Gasteiger partial charge in [0.25, 0.3) is 0 Å². The molecule has 8 heteroatoms. The Bertz CT molecular complexity index is 854. The maximum atomic E-state index is 5.41. The van der Waals surface area contributed by atoms with Gasteiger partial charge in [0.1, 0.15) is 5.82 Å². The molecule has 176 valence electrons. The van der Waals surface area contributed by atoms with Gasteiger partial charge in [-0.2, -0.15) is 0 Å². The van der Waals surface area contributed by atoms with Crippen LogP contribution in [0.15, 0.2) is 41.5 Å². The summed E-state index contributed by atoms with van der Waals surface area (Å²) in [5.41, 5.74) is 2.31. The number of methoxy groups -OCH3 is 2. The van der Waals surface area contributed by atoms with Crippen LogP contribution in [0.1, 0.15) is 30.9 Å². The first-order valence-electron chi connectivity index (χ1n) is 11.0. The summed E-state index contributed by atoms with van der Waals surface area (Å²) >= 11 is 0. The summed E-state index contributed by atoms with van der Waals surface area (Å²) in [6.07, 6.45) is 5.35. The van der Waals surface area contributed by atoms with Crippen molar-refractivity contribution in [3.05, 3.63) is 47.7 Å². The number of halogens is 1. The molecule has 0 bridgehead atoms. The molecule has 0 unspecified atom stereocenters. The Morgan fingerprint density at radius 2 is 1.81 bits per heavy atom. The molecule has 32 heavy (non-hydrogen) atoms. The number of hydrogen-bond acceptors (Lipinski definition) is 5. The number of likely N-dealkylation sites (N-methyl/N-ethyl adjacent to an activating group) is 1. The van der Waals surface area contributed by atoms with Crippen molar-refractivity contribution in [3.8, 4) is 11.5 Å². The molecule has 0 amide bonds. The van der Waals surface area contributed by atoms with Crippen molar-refractivity contribution in [2.45, 2.75) is 32.7 Å². The molecular formula is C24H36IN5O2. The minimum absolute atomic E-state index is 0. The van der Waals surface area contributed by atoms with Crippen LogP contribution in [0.5, 0.6) is 11.5 Å². The number of pyridine rings is 1. The minimum atomic E-state index is 0. The summed E-state index contributed by atoms with van der Waals surface area (Å²) in [4.78, 5) is 14.0. The van der Waals surface area contributed by atoms with Gasteiger partial charge in [0.05, 0.1) is 20.8 Å². The number of nitrogens with one attached hydrogen (secondary N) is 1. The highest BCUT2D eigenvalue weighted by Crippen LogP contribution is 2.27. The van der Waals surface area contributed by atoms with Crippen LogP contribution >= 0.6 is 24.0 Å². The first-order valence-corrected chi connectivity index (χ1v) is 11.0. The number of aliphatic imine (C=N–C) groups is 1. The number of guanidine groups is 1. The lowest BCUT2D eigenvalue weighted by Crippen LogP contribution is -2.39. The first-order chi connectivity index (χ1) is 15.1. The summed E-state index contributed by atoms with van der Waals surface area (Å²) in [6.45, 7) is 6.58. The van der Waals surface area contributed by atoms with E-state index in [0.717, 1.165) is 61.4 Å². The zero-order valence-corrected chi connectivity index (χ0v) is 22.0. The second-order valence-corrected chi connectivity index (χ2v) is 7.75. The Morgan fingerprint density at radius 3 is 2.44 bits per heavy atom. The second kappa shape index (κ2) is 13.3. The molecule has 1 aliphatic rings. The first kappa shape index (κ1) is 26.0. The van der Waals surface area contributed by atoms with Crippen molar-refractivity contribution in [1.29, 1.82) is 0 Å². The summed E-state index contributed by atoms with van der Waals surface area (Å²) in [7, 11) is 5.38. The van der Waals surface area contributed by atoms with E-state index in [-0.39, 0.29) is 24.0 Å². The predicted molar refractivity (Wildman–Crippen MR) is 142 cm³/mol. The third kappa shape index (κ3) is 7.15. The molecule has 3 rings (SSSR count). The lowest BCUT2D eigenvalue weighted by molar-refractivity contribution is 0.354. The third-order valence-electron chi connectivity index (χ3n) is 5.53. The number of hydrogen-bond donors (Lipinski definition) is 1. The number of anilines is 1. The van der Waals surface area contributed by atoms with Crippen molar-refractivity contribution < 1.29 is 9.47 Å². The zero-order chi connectivity index (χ0) is 22.1. The third-order valence-corrected chi connectivity index (χ3v) is 5.53. The Hall–Kier alpha value is -2.23. The fraction of sp³-hybridized carbons (Fsp3) is 0.500. The van der Waals surface area contributed by atoms with Gasteiger partial charge in [-0.15, -0.1) is 24.0 Å². The van der Waals surface area contributed by atoms with Gasteiger partial charge in [0.15, 0.2) is 17.5 Å². The molecule has 7 nitrogen and oxygen atoms in total. The Morgan fingerprint density at radius 1 is 1.09 bits per heavy atom. The summed E-state index contributed by atoms with van der Waals surface area (Å²) in [6, 6.07) is 10.3. The van der Waals surface area contributed by atoms with E-state index >= 15 is 0 Å². The summed E-state index contributed by atoms with van der Waals surface area (Å²) < 4.78 is 10.7. The van der Waals surface area contributed by atoms with Crippen LogP contribution in [0.25, 0.3) is 0 Å². The van der Waals surface area contributed by atoms with Gasteiger partial charge in [0.2, 0.25) is 0 Å². The van der Waals surface area contributed by atoms with E-state index < -0.39 is 0 Å². The van der Waals surface area contributed by atoms with Crippen molar-refractivity contribution in [1.82, 2.24) is 15.2 Å². The highest BCUT2D eigenvalue weighted by molar-refractivity contribution is 14.0. The fourth-order valence-corrected chi connectivity index (χ4v) is 3.72. The van der Waals surface area contributed by atoms with Crippen LogP contribution in [0.2, 0.25) is 0 Å². The Labute approximate surface area is 209 Å². The van der Waals surface area contributed by atoms with E-state index in [1.54, 1.807) is 14.2 Å². The molecule has 1 fully saturated rings. The molecule has 1 aliphatic heterocycles. The zero-order valence-electron chi connectivity index (χ0n) is 19.6. The van der Waals surface area contributed by atoms with Gasteiger partial charge in [-0.05, 0) is 55.5 Å². The Kier molecular flexibility index (Phi) is 10.9. The highest BCUT2D eigenvalue weighted by Gasteiger charge is 2.13. The molecule has 0 radical (unpaired) electrons. The molecule has 0 spiro atoms. The average Bonchev–Trinajstić information content (AvgIpc) is 3.35. The van der Waals surface area contributed by atoms with E-state index in [9.17, 15) is 0 Å². The molecule has 1 saturated heterocycles. The smallest absolute Gasteiger partial charge is 0.193 e. The van der Waals surface area contributed by atoms with Crippen LogP contribution in [0.3, 0.4) is 0 Å². The summed E-state index contributed by atoms with van der Waals surface area (Å²) in [5.74, 6) is 3.47. The van der Waals surface area contributed by atoms with Gasteiger partial charge in [-0.1, -0.05) is 12.1 Å². The van der Waals surface area contributed by atoms with Gasteiger partial charge >= 0.3 is 0 Å². The minimum Gasteiger partial charge on any atom is -0.493 e. The maximum absolute atomic E-state index is 5.41. The van der Waals surface area contributed by atoms with Crippen LogP contribution in [-0.4, -0.2) is 63.3 Å². The van der Waals surface area contributed by atoms with Crippen LogP contribution in [0, 0.1) is 0 Å². The SMILES string of the molecule is CCNC(=NCc1ccc(N2CCCC2)nc1)N(C)CCc1ccc(OC)c(OC)c1.I. The summed E-state index contributed by atoms with van der Waals surface area (Å²) in [5, 5.41) is 3.39. The van der Waals surface area contributed by atoms with Gasteiger partial charge < -0.3 is 24.6 Å². The van der Waals surface area contributed by atoms with Crippen LogP contribution < -0.4 is 19.7 Å². The van der Waals surface area contributed by atoms with Crippen molar-refractivity contribution in [3.63, 3.8) is 0 Å². The number of ether oxygens (including phenoxy) is 2. The molecule has 1 N–H and O–H groups in total. The molecule has 2 aromatic rings. The lowest BCUT2D eigenvalue weighted by Gasteiger charge is -2.22. The standard InChI is InChI=1S/C24H35N5O2.HI/c1-5-25-24(27-18-20-9-11-23(26-17-20)29-13-6-7-14-29)28(2)15-12-19-8-10-21(30-3)22(16-19)31-4;/h8-11,16-17H,5-7,12-15,18H2,1-4H3,(H,25,27);1H. The lowest BCUT2D eigenvalue weighted by atomic mass is 10.1. The predicted octanol–water partition coefficient (Wildman–Crippen LogP) is 3.96. The number of rotatable bonds is 9. The van der Waals surface area contributed by atoms with E-state index in [0.29, 0.717) is 6.54 Å². The number of aromatic nitrogens is 1. The molecule has 0 aliphatic carbocycles. The molecular weight excluding hydrogens is 517 g/mol. The molecule has 0 atom stereocenters. The van der Waals surface area contributed by atoms with Crippen molar-refractivity contribution in [2.75, 3.05) is 52.3 Å².